The fraction of sp³-hybridized carbons (Fsp3) is 0. The molecule has 1 aromatic carbocycles. The number of carbonyl (C=O) groups excluding carboxylic acids is 4. The summed E-state index contributed by atoms with van der Waals surface area (Å²) in [6, 6.07) is 3.23. The van der Waals surface area contributed by atoms with Crippen LogP contribution in [-0.4, -0.2) is 28.6 Å². The van der Waals surface area contributed by atoms with E-state index in [9.17, 15) is 29.3 Å². The summed E-state index contributed by atoms with van der Waals surface area (Å²) in [6.45, 7) is 0. The summed E-state index contributed by atoms with van der Waals surface area (Å²) in [4.78, 5) is 58.6. The Labute approximate surface area is 128 Å². The van der Waals surface area contributed by atoms with Crippen LogP contribution in [0.5, 0.6) is 0 Å². The normalized spacial score (nSPS) is 16.9. The summed E-state index contributed by atoms with van der Waals surface area (Å²) in [5.74, 6) is -2.67. The van der Waals surface area contributed by atoms with Gasteiger partial charge in [0.2, 0.25) is 0 Å². The number of carbonyl (C=O) groups is 4. The molecule has 2 aliphatic heterocycles. The lowest BCUT2D eigenvalue weighted by atomic mass is 10.2. The lowest BCUT2D eigenvalue weighted by Gasteiger charge is -2.18. The monoisotopic (exact) mass is 313 g/mol. The smallest absolute Gasteiger partial charge is 0.269 e. The maximum atomic E-state index is 11.7. The second-order valence-electron chi connectivity index (χ2n) is 4.66. The van der Waals surface area contributed by atoms with E-state index in [-0.39, 0.29) is 11.4 Å². The van der Waals surface area contributed by atoms with E-state index in [2.05, 4.69) is 0 Å². The minimum atomic E-state index is -0.746. The van der Waals surface area contributed by atoms with E-state index in [0.717, 1.165) is 46.2 Å². The van der Waals surface area contributed by atoms with Gasteiger partial charge in [0.05, 0.1) is 16.3 Å². The maximum absolute atomic E-state index is 11.7. The van der Waals surface area contributed by atoms with Gasteiger partial charge in [-0.3, -0.25) is 29.3 Å². The van der Waals surface area contributed by atoms with Crippen molar-refractivity contribution < 1.29 is 24.1 Å². The number of non-ortho nitro benzene ring substituents is 1. The van der Waals surface area contributed by atoms with Crippen LogP contribution >= 0.6 is 0 Å². The number of nitro groups is 1. The van der Waals surface area contributed by atoms with E-state index in [4.69, 9.17) is 0 Å². The number of hydrogen-bond donors (Lipinski definition) is 0. The van der Waals surface area contributed by atoms with Crippen LogP contribution in [0.15, 0.2) is 42.5 Å². The van der Waals surface area contributed by atoms with Crippen molar-refractivity contribution in [1.29, 1.82) is 0 Å². The molecular formula is C14H7N3O6. The number of anilines is 2. The van der Waals surface area contributed by atoms with Gasteiger partial charge in [0, 0.05) is 36.4 Å². The Morgan fingerprint density at radius 3 is 1.35 bits per heavy atom. The van der Waals surface area contributed by atoms with Crippen molar-refractivity contribution in [2.45, 2.75) is 0 Å². The topological polar surface area (TPSA) is 118 Å². The first-order valence-electron chi connectivity index (χ1n) is 6.30. The molecule has 1 aromatic rings. The first-order chi connectivity index (χ1) is 10.9. The Morgan fingerprint density at radius 1 is 0.696 bits per heavy atom. The van der Waals surface area contributed by atoms with E-state index >= 15 is 0 Å². The van der Waals surface area contributed by atoms with Crippen molar-refractivity contribution in [3.05, 3.63) is 52.6 Å². The van der Waals surface area contributed by atoms with Crippen molar-refractivity contribution >= 4 is 40.7 Å². The molecule has 0 radical (unpaired) electrons. The zero-order valence-electron chi connectivity index (χ0n) is 11.3. The van der Waals surface area contributed by atoms with Crippen LogP contribution in [0.1, 0.15) is 0 Å². The molecule has 2 aliphatic rings. The van der Waals surface area contributed by atoms with Crippen LogP contribution in [-0.2, 0) is 19.2 Å². The van der Waals surface area contributed by atoms with Gasteiger partial charge in [0.25, 0.3) is 29.3 Å². The van der Waals surface area contributed by atoms with Gasteiger partial charge in [-0.15, -0.1) is 0 Å². The third kappa shape index (κ3) is 2.29. The van der Waals surface area contributed by atoms with E-state index in [0.29, 0.717) is 0 Å². The van der Waals surface area contributed by atoms with E-state index < -0.39 is 34.2 Å². The number of imide groups is 2. The van der Waals surface area contributed by atoms with Crippen LogP contribution in [0.3, 0.4) is 0 Å². The van der Waals surface area contributed by atoms with Crippen molar-refractivity contribution in [3.63, 3.8) is 0 Å². The summed E-state index contributed by atoms with van der Waals surface area (Å²) in [5, 5.41) is 11.1. The van der Waals surface area contributed by atoms with Gasteiger partial charge < -0.3 is 0 Å². The van der Waals surface area contributed by atoms with Gasteiger partial charge in [0.15, 0.2) is 0 Å². The highest BCUT2D eigenvalue weighted by Crippen LogP contribution is 2.32. The second kappa shape index (κ2) is 4.98. The Hall–Kier alpha value is -3.62. The standard InChI is InChI=1S/C14H7N3O6/c18-11-1-2-12(19)15(11)8-5-9(7-10(6-8)17(22)23)16-13(20)3-4-14(16)21/h1-7H. The van der Waals surface area contributed by atoms with E-state index in [1.54, 1.807) is 0 Å². The van der Waals surface area contributed by atoms with E-state index in [1.165, 1.54) is 6.07 Å². The Kier molecular flexibility index (Phi) is 3.10. The molecule has 23 heavy (non-hydrogen) atoms. The maximum Gasteiger partial charge on any atom is 0.273 e. The first kappa shape index (κ1) is 14.3. The molecule has 0 fully saturated rings. The molecule has 0 bridgehead atoms. The van der Waals surface area contributed by atoms with Crippen molar-refractivity contribution in [2.24, 2.45) is 0 Å². The average Bonchev–Trinajstić information content (AvgIpc) is 3.01. The molecule has 0 saturated carbocycles. The third-order valence-electron chi connectivity index (χ3n) is 3.23. The SMILES string of the molecule is O=C1C=CC(=O)N1c1cc(N2C(=O)C=CC2=O)cc([N+](=O)[O-])c1. The first-order valence-corrected chi connectivity index (χ1v) is 6.30. The molecule has 4 amide bonds. The van der Waals surface area contributed by atoms with E-state index in [1.807, 2.05) is 0 Å². The zero-order valence-corrected chi connectivity index (χ0v) is 11.3. The molecule has 0 unspecified atom stereocenters. The predicted molar refractivity (Wildman–Crippen MR) is 76.4 cm³/mol. The highest BCUT2D eigenvalue weighted by Gasteiger charge is 2.31. The number of benzene rings is 1. The van der Waals surface area contributed by atoms with Gasteiger partial charge in [-0.25, -0.2) is 9.80 Å². The number of nitro benzene ring substituents is 1. The lowest BCUT2D eigenvalue weighted by Crippen LogP contribution is -2.32. The molecule has 0 aliphatic carbocycles. The van der Waals surface area contributed by atoms with Crippen molar-refractivity contribution in [1.82, 2.24) is 0 Å². The second-order valence-corrected chi connectivity index (χ2v) is 4.66. The van der Waals surface area contributed by atoms with Gasteiger partial charge in [-0.1, -0.05) is 0 Å². The van der Waals surface area contributed by atoms with Crippen LogP contribution < -0.4 is 9.80 Å². The van der Waals surface area contributed by atoms with Crippen LogP contribution in [0.25, 0.3) is 0 Å². The largest absolute Gasteiger partial charge is 0.273 e. The Balaban J connectivity index is 2.13. The molecule has 0 N–H and O–H groups in total. The summed E-state index contributed by atoms with van der Waals surface area (Å²) < 4.78 is 0. The van der Waals surface area contributed by atoms with Gasteiger partial charge in [0.1, 0.15) is 0 Å². The molecule has 0 saturated heterocycles. The Morgan fingerprint density at radius 2 is 1.04 bits per heavy atom. The lowest BCUT2D eigenvalue weighted by molar-refractivity contribution is -0.384. The Bertz CT molecular complexity index is 758. The minimum Gasteiger partial charge on any atom is -0.269 e. The van der Waals surface area contributed by atoms with Gasteiger partial charge in [-0.2, -0.15) is 0 Å². The molecule has 114 valence electrons. The zero-order chi connectivity index (χ0) is 16.7. The molecule has 0 aromatic heterocycles. The summed E-state index contributed by atoms with van der Waals surface area (Å²) >= 11 is 0. The van der Waals surface area contributed by atoms with Crippen LogP contribution in [0.4, 0.5) is 17.1 Å². The van der Waals surface area contributed by atoms with Crippen molar-refractivity contribution in [2.75, 3.05) is 9.80 Å². The van der Waals surface area contributed by atoms with Gasteiger partial charge in [-0.05, 0) is 6.07 Å². The summed E-state index contributed by atoms with van der Waals surface area (Å²) in [7, 11) is 0. The molecular weight excluding hydrogens is 306 g/mol. The van der Waals surface area contributed by atoms with Crippen LogP contribution in [0, 0.1) is 10.1 Å². The molecule has 9 nitrogen and oxygen atoms in total. The predicted octanol–water partition coefficient (Wildman–Crippen LogP) is 0.454. The molecule has 9 heteroatoms. The highest BCUT2D eigenvalue weighted by atomic mass is 16.6. The van der Waals surface area contributed by atoms with Gasteiger partial charge >= 0.3 is 0 Å². The number of rotatable bonds is 3. The fourth-order valence-electron chi connectivity index (χ4n) is 2.25. The molecule has 3 rings (SSSR count). The third-order valence-corrected chi connectivity index (χ3v) is 3.23. The quantitative estimate of drug-likeness (QED) is 0.454. The molecule has 0 spiro atoms. The minimum absolute atomic E-state index is 0.0956. The summed E-state index contributed by atoms with van der Waals surface area (Å²) in [5.41, 5.74) is -0.652. The highest BCUT2D eigenvalue weighted by molar-refractivity contribution is 6.30. The molecule has 0 atom stereocenters. The fourth-order valence-corrected chi connectivity index (χ4v) is 2.25. The number of amides is 4. The molecule has 2 heterocycles. The number of nitrogens with zero attached hydrogens (tertiary/aromatic N) is 3. The average molecular weight is 313 g/mol. The summed E-state index contributed by atoms with van der Waals surface area (Å²) in [6.07, 6.45) is 4.09. The number of hydrogen-bond acceptors (Lipinski definition) is 6. The van der Waals surface area contributed by atoms with Crippen LogP contribution in [0.2, 0.25) is 0 Å². The van der Waals surface area contributed by atoms with Crippen molar-refractivity contribution in [3.8, 4) is 0 Å².